The van der Waals surface area contributed by atoms with Crippen LogP contribution in [0.2, 0.25) is 0 Å². The summed E-state index contributed by atoms with van der Waals surface area (Å²) in [6, 6.07) is 18.4. The molecular weight excluding hydrogens is 320 g/mol. The van der Waals surface area contributed by atoms with Gasteiger partial charge >= 0.3 is 0 Å². The minimum absolute atomic E-state index is 0. The van der Waals surface area contributed by atoms with E-state index in [1.165, 1.54) is 5.56 Å². The van der Waals surface area contributed by atoms with Crippen LogP contribution in [0, 0.1) is 5.92 Å². The molecule has 1 fully saturated rings. The van der Waals surface area contributed by atoms with Crippen LogP contribution in [-0.4, -0.2) is 18.5 Å². The molecule has 0 radical (unpaired) electrons. The molecule has 2 unspecified atom stereocenters. The van der Waals surface area contributed by atoms with E-state index in [9.17, 15) is 4.79 Å². The Morgan fingerprint density at radius 3 is 2.50 bits per heavy atom. The molecule has 3 N–H and O–H groups in total. The van der Waals surface area contributed by atoms with Crippen LogP contribution in [0.25, 0.3) is 0 Å². The van der Waals surface area contributed by atoms with E-state index in [2.05, 4.69) is 17.4 Å². The molecule has 128 valence electrons. The van der Waals surface area contributed by atoms with Gasteiger partial charge in [0.15, 0.2) is 0 Å². The Bertz CT molecular complexity index is 660. The van der Waals surface area contributed by atoms with Gasteiger partial charge in [-0.05, 0) is 48.9 Å². The molecule has 0 bridgehead atoms. The minimum Gasteiger partial charge on any atom is -0.349 e. The highest BCUT2D eigenvalue weighted by Crippen LogP contribution is 2.25. The van der Waals surface area contributed by atoms with Crippen LogP contribution >= 0.6 is 12.4 Å². The second-order valence-electron chi connectivity index (χ2n) is 6.33. The second-order valence-corrected chi connectivity index (χ2v) is 6.33. The number of halogens is 1. The fourth-order valence-electron chi connectivity index (χ4n) is 3.47. The predicted molar refractivity (Wildman–Crippen MR) is 101 cm³/mol. The molecule has 0 spiro atoms. The number of benzene rings is 2. The smallest absolute Gasteiger partial charge is 0.251 e. The number of nitrogens with one attached hydrogen (secondary N) is 1. The Hall–Kier alpha value is -1.84. The molecule has 1 aliphatic rings. The van der Waals surface area contributed by atoms with Crippen molar-refractivity contribution in [3.8, 4) is 0 Å². The zero-order valence-electron chi connectivity index (χ0n) is 13.8. The summed E-state index contributed by atoms with van der Waals surface area (Å²) in [5.74, 6) is 0.446. The Morgan fingerprint density at radius 1 is 1.04 bits per heavy atom. The molecule has 1 amide bonds. The third-order valence-corrected chi connectivity index (χ3v) is 4.78. The van der Waals surface area contributed by atoms with Gasteiger partial charge in [0.1, 0.15) is 0 Å². The molecule has 24 heavy (non-hydrogen) atoms. The molecule has 3 rings (SSSR count). The van der Waals surface area contributed by atoms with Gasteiger partial charge in [-0.3, -0.25) is 4.79 Å². The number of hydrogen-bond acceptors (Lipinski definition) is 2. The maximum Gasteiger partial charge on any atom is 0.251 e. The number of amides is 1. The first kappa shape index (κ1) is 18.5. The summed E-state index contributed by atoms with van der Waals surface area (Å²) in [6.45, 7) is 0.649. The van der Waals surface area contributed by atoms with E-state index < -0.39 is 0 Å². The number of rotatable bonds is 5. The maximum atomic E-state index is 12.7. The molecule has 2 atom stereocenters. The molecule has 2 aromatic rings. The maximum absolute atomic E-state index is 12.7. The van der Waals surface area contributed by atoms with E-state index >= 15 is 0 Å². The first-order valence-corrected chi connectivity index (χ1v) is 8.40. The van der Waals surface area contributed by atoms with E-state index in [4.69, 9.17) is 5.73 Å². The van der Waals surface area contributed by atoms with Gasteiger partial charge in [0, 0.05) is 11.6 Å². The summed E-state index contributed by atoms with van der Waals surface area (Å²) >= 11 is 0. The van der Waals surface area contributed by atoms with E-state index in [0.717, 1.165) is 36.8 Å². The SMILES string of the molecule is Cl.NCC1CCCC1NC(=O)c1ccccc1Cc1ccccc1. The van der Waals surface area contributed by atoms with E-state index in [1.54, 1.807) is 0 Å². The summed E-state index contributed by atoms with van der Waals surface area (Å²) < 4.78 is 0. The van der Waals surface area contributed by atoms with Gasteiger partial charge in [-0.25, -0.2) is 0 Å². The molecule has 2 aromatic carbocycles. The third-order valence-electron chi connectivity index (χ3n) is 4.78. The van der Waals surface area contributed by atoms with Crippen LogP contribution in [0.4, 0.5) is 0 Å². The highest BCUT2D eigenvalue weighted by molar-refractivity contribution is 5.96. The summed E-state index contributed by atoms with van der Waals surface area (Å²) in [6.07, 6.45) is 4.08. The van der Waals surface area contributed by atoms with Crippen LogP contribution in [0.1, 0.15) is 40.7 Å². The quantitative estimate of drug-likeness (QED) is 0.871. The fourth-order valence-corrected chi connectivity index (χ4v) is 3.47. The van der Waals surface area contributed by atoms with Crippen LogP contribution in [0.5, 0.6) is 0 Å². The lowest BCUT2D eigenvalue weighted by molar-refractivity contribution is 0.0928. The van der Waals surface area contributed by atoms with Crippen molar-refractivity contribution < 1.29 is 4.79 Å². The zero-order valence-corrected chi connectivity index (χ0v) is 14.6. The molecule has 3 nitrogen and oxygen atoms in total. The van der Waals surface area contributed by atoms with Gasteiger partial charge in [-0.2, -0.15) is 0 Å². The molecule has 1 saturated carbocycles. The molecule has 0 aliphatic heterocycles. The zero-order chi connectivity index (χ0) is 16.1. The lowest BCUT2D eigenvalue weighted by Gasteiger charge is -2.20. The van der Waals surface area contributed by atoms with Crippen molar-refractivity contribution in [1.29, 1.82) is 0 Å². The van der Waals surface area contributed by atoms with Crippen LogP contribution in [0.3, 0.4) is 0 Å². The van der Waals surface area contributed by atoms with Crippen LogP contribution in [0.15, 0.2) is 54.6 Å². The van der Waals surface area contributed by atoms with Crippen molar-refractivity contribution in [2.45, 2.75) is 31.7 Å². The standard InChI is InChI=1S/C20H24N2O.ClH/c21-14-17-10-6-12-19(17)22-20(23)18-11-5-4-9-16(18)13-15-7-2-1-3-8-15;/h1-5,7-9,11,17,19H,6,10,12-14,21H2,(H,22,23);1H. The van der Waals surface area contributed by atoms with Gasteiger partial charge in [-0.15, -0.1) is 12.4 Å². The minimum atomic E-state index is 0. The number of nitrogens with two attached hydrogens (primary N) is 1. The first-order chi connectivity index (χ1) is 11.3. The Morgan fingerprint density at radius 2 is 1.75 bits per heavy atom. The van der Waals surface area contributed by atoms with E-state index in [1.807, 2.05) is 42.5 Å². The van der Waals surface area contributed by atoms with Crippen LogP contribution < -0.4 is 11.1 Å². The molecule has 0 aromatic heterocycles. The predicted octanol–water partition coefficient (Wildman–Crippen LogP) is 3.56. The number of carbonyl (C=O) groups is 1. The fraction of sp³-hybridized carbons (Fsp3) is 0.350. The van der Waals surface area contributed by atoms with E-state index in [-0.39, 0.29) is 24.4 Å². The second kappa shape index (κ2) is 8.86. The lowest BCUT2D eigenvalue weighted by Crippen LogP contribution is -2.40. The van der Waals surface area contributed by atoms with Crippen molar-refractivity contribution in [3.63, 3.8) is 0 Å². The van der Waals surface area contributed by atoms with Gasteiger partial charge in [0.25, 0.3) is 5.91 Å². The summed E-state index contributed by atoms with van der Waals surface area (Å²) in [5, 5.41) is 3.20. The normalized spacial score (nSPS) is 19.5. The summed E-state index contributed by atoms with van der Waals surface area (Å²) in [4.78, 5) is 12.7. The molecular formula is C20H25ClN2O. The molecule has 1 aliphatic carbocycles. The monoisotopic (exact) mass is 344 g/mol. The van der Waals surface area contributed by atoms with Crippen LogP contribution in [-0.2, 0) is 6.42 Å². The van der Waals surface area contributed by atoms with Gasteiger partial charge < -0.3 is 11.1 Å². The van der Waals surface area contributed by atoms with E-state index in [0.29, 0.717) is 12.5 Å². The first-order valence-electron chi connectivity index (χ1n) is 8.40. The number of carbonyl (C=O) groups excluding carboxylic acids is 1. The molecule has 4 heteroatoms. The van der Waals surface area contributed by atoms with Gasteiger partial charge in [0.2, 0.25) is 0 Å². The molecule has 0 heterocycles. The van der Waals surface area contributed by atoms with Gasteiger partial charge in [-0.1, -0.05) is 55.0 Å². The Kier molecular flexibility index (Phi) is 6.83. The highest BCUT2D eigenvalue weighted by Gasteiger charge is 2.28. The summed E-state index contributed by atoms with van der Waals surface area (Å²) in [7, 11) is 0. The average molecular weight is 345 g/mol. The van der Waals surface area contributed by atoms with Crippen molar-refractivity contribution in [3.05, 3.63) is 71.3 Å². The van der Waals surface area contributed by atoms with Crippen molar-refractivity contribution in [2.75, 3.05) is 6.54 Å². The third kappa shape index (κ3) is 4.37. The summed E-state index contributed by atoms with van der Waals surface area (Å²) in [5.41, 5.74) is 8.88. The van der Waals surface area contributed by atoms with Gasteiger partial charge in [0.05, 0.1) is 0 Å². The van der Waals surface area contributed by atoms with Crippen molar-refractivity contribution in [1.82, 2.24) is 5.32 Å². The van der Waals surface area contributed by atoms with Crippen molar-refractivity contribution in [2.24, 2.45) is 11.7 Å². The average Bonchev–Trinajstić information content (AvgIpc) is 3.03. The Labute approximate surface area is 150 Å². The lowest BCUT2D eigenvalue weighted by atomic mass is 9.98. The van der Waals surface area contributed by atoms with Crippen molar-refractivity contribution >= 4 is 18.3 Å². The topological polar surface area (TPSA) is 55.1 Å². The largest absolute Gasteiger partial charge is 0.349 e. The number of hydrogen-bond donors (Lipinski definition) is 2. The molecule has 0 saturated heterocycles. The highest BCUT2D eigenvalue weighted by atomic mass is 35.5. The Balaban J connectivity index is 0.00000208.